The Kier molecular flexibility index (Phi) is 11.7. The number of allylic oxidation sites excluding steroid dienone is 1. The predicted octanol–water partition coefficient (Wildman–Crippen LogP) is 8.67. The van der Waals surface area contributed by atoms with Crippen molar-refractivity contribution >= 4 is 12.0 Å². The van der Waals surface area contributed by atoms with E-state index >= 15 is 0 Å². The van der Waals surface area contributed by atoms with Crippen LogP contribution in [0.2, 0.25) is 0 Å². The Balaban J connectivity index is 1.05. The molecule has 0 spiro atoms. The van der Waals surface area contributed by atoms with Crippen LogP contribution >= 0.6 is 0 Å². The van der Waals surface area contributed by atoms with Crippen molar-refractivity contribution in [2.24, 2.45) is 46.3 Å². The molecule has 6 nitrogen and oxygen atoms in total. The number of rotatable bonds is 13. The Labute approximate surface area is 274 Å². The summed E-state index contributed by atoms with van der Waals surface area (Å²) in [6.07, 6.45) is 21.3. The van der Waals surface area contributed by atoms with Crippen molar-refractivity contribution in [1.82, 2.24) is 10.2 Å². The third-order valence-corrected chi connectivity index (χ3v) is 13.8. The summed E-state index contributed by atoms with van der Waals surface area (Å²) < 4.78 is 5.96. The van der Waals surface area contributed by atoms with Gasteiger partial charge in [-0.25, -0.2) is 4.79 Å². The van der Waals surface area contributed by atoms with Crippen molar-refractivity contribution < 1.29 is 19.4 Å². The van der Waals surface area contributed by atoms with Crippen LogP contribution in [0.3, 0.4) is 0 Å². The van der Waals surface area contributed by atoms with Gasteiger partial charge < -0.3 is 20.1 Å². The van der Waals surface area contributed by atoms with Gasteiger partial charge in [0, 0.05) is 25.9 Å². The van der Waals surface area contributed by atoms with Crippen LogP contribution in [0.1, 0.15) is 144 Å². The van der Waals surface area contributed by atoms with Crippen LogP contribution in [0, 0.1) is 46.3 Å². The van der Waals surface area contributed by atoms with Gasteiger partial charge >= 0.3 is 6.09 Å². The first-order chi connectivity index (χ1) is 21.6. The lowest BCUT2D eigenvalue weighted by molar-refractivity contribution is -0.132. The summed E-state index contributed by atoms with van der Waals surface area (Å²) >= 11 is 0. The third-order valence-electron chi connectivity index (χ3n) is 13.8. The summed E-state index contributed by atoms with van der Waals surface area (Å²) in [4.78, 5) is 27.0. The fourth-order valence-electron chi connectivity index (χ4n) is 11.2. The van der Waals surface area contributed by atoms with E-state index in [-0.39, 0.29) is 36.2 Å². The van der Waals surface area contributed by atoms with Crippen molar-refractivity contribution in [3.63, 3.8) is 0 Å². The Morgan fingerprint density at radius 3 is 2.60 bits per heavy atom. The monoisotopic (exact) mass is 627 g/mol. The number of carbonyl (C=O) groups excluding carboxylic acids is 2. The molecular weight excluding hydrogens is 560 g/mol. The number of ether oxygens (including phenoxy) is 1. The molecule has 2 N–H and O–H groups in total. The predicted molar refractivity (Wildman–Crippen MR) is 182 cm³/mol. The molecule has 1 aliphatic heterocycles. The summed E-state index contributed by atoms with van der Waals surface area (Å²) in [5.74, 6) is 5.21. The third kappa shape index (κ3) is 7.62. The van der Waals surface area contributed by atoms with Crippen LogP contribution in [-0.4, -0.2) is 53.8 Å². The first-order valence-corrected chi connectivity index (χ1v) is 19.1. The molecule has 0 aromatic rings. The van der Waals surface area contributed by atoms with E-state index in [0.29, 0.717) is 18.4 Å². The Morgan fingerprint density at radius 2 is 1.82 bits per heavy atom. The number of nitrogens with zero attached hydrogens (tertiary/aromatic N) is 1. The number of aliphatic hydroxyl groups is 1. The van der Waals surface area contributed by atoms with Crippen LogP contribution in [0.25, 0.3) is 0 Å². The van der Waals surface area contributed by atoms with Gasteiger partial charge in [-0.3, -0.25) is 4.79 Å². The molecule has 4 unspecified atom stereocenters. The number of likely N-dealkylation sites (tertiary alicyclic amines) is 1. The van der Waals surface area contributed by atoms with E-state index in [1.807, 2.05) is 4.90 Å². The van der Waals surface area contributed by atoms with Gasteiger partial charge in [0.2, 0.25) is 5.91 Å². The van der Waals surface area contributed by atoms with Crippen molar-refractivity contribution in [3.8, 4) is 0 Å². The molecule has 6 heteroatoms. The van der Waals surface area contributed by atoms with Crippen LogP contribution in [0.5, 0.6) is 0 Å². The van der Waals surface area contributed by atoms with E-state index in [2.05, 4.69) is 46.0 Å². The molecule has 0 aromatic heterocycles. The topological polar surface area (TPSA) is 78.9 Å². The summed E-state index contributed by atoms with van der Waals surface area (Å²) in [5.41, 5.74) is 2.36. The molecule has 1 heterocycles. The minimum absolute atomic E-state index is 0.00831. The fourth-order valence-corrected chi connectivity index (χ4v) is 11.2. The molecule has 2 amide bonds. The van der Waals surface area contributed by atoms with E-state index in [0.717, 1.165) is 93.4 Å². The molecule has 4 fully saturated rings. The van der Waals surface area contributed by atoms with E-state index in [1.54, 1.807) is 5.57 Å². The van der Waals surface area contributed by atoms with Crippen molar-refractivity contribution in [1.29, 1.82) is 0 Å². The number of amides is 2. The van der Waals surface area contributed by atoms with Gasteiger partial charge in [0.15, 0.2) is 0 Å². The number of fused-ring (bicyclic) bond motifs is 5. The van der Waals surface area contributed by atoms with Gasteiger partial charge in [-0.15, -0.1) is 0 Å². The molecule has 256 valence electrons. The normalized spacial score (nSPS) is 36.6. The van der Waals surface area contributed by atoms with Gasteiger partial charge in [0.25, 0.3) is 0 Å². The second-order valence-corrected chi connectivity index (χ2v) is 16.9. The highest BCUT2D eigenvalue weighted by atomic mass is 16.6. The zero-order valence-electron chi connectivity index (χ0n) is 29.5. The quantitative estimate of drug-likeness (QED) is 0.158. The van der Waals surface area contributed by atoms with Gasteiger partial charge in [0.05, 0.1) is 12.6 Å². The van der Waals surface area contributed by atoms with Gasteiger partial charge in [0.1, 0.15) is 6.10 Å². The highest BCUT2D eigenvalue weighted by molar-refractivity contribution is 5.76. The molecule has 5 rings (SSSR count). The van der Waals surface area contributed by atoms with E-state index in [1.165, 1.54) is 51.4 Å². The van der Waals surface area contributed by atoms with Crippen LogP contribution in [0.15, 0.2) is 11.6 Å². The standard InChI is InChI=1S/C39H66N2O4/c1-27(2)11-9-12-28(3)33-17-18-34-32-16-15-29-25-31(19-21-38(29,4)35(32)20-22-39(33,34)5)45-37(44)40-23-8-6-7-14-36(43)41-24-10-13-30(41)26-42/h15,27-28,30-35,42H,6-14,16-26H2,1-5H3,(H,40,44)/t28-,30+,31+,32?,33?,34?,35?,38+,39-/m1/s1. The molecule has 45 heavy (non-hydrogen) atoms. The smallest absolute Gasteiger partial charge is 0.407 e. The van der Waals surface area contributed by atoms with E-state index < -0.39 is 0 Å². The summed E-state index contributed by atoms with van der Waals surface area (Å²) in [6.45, 7) is 13.9. The Hall–Kier alpha value is -1.56. The van der Waals surface area contributed by atoms with E-state index in [4.69, 9.17) is 4.74 Å². The molecule has 3 saturated carbocycles. The second-order valence-electron chi connectivity index (χ2n) is 16.9. The Morgan fingerprint density at radius 1 is 1.00 bits per heavy atom. The van der Waals surface area contributed by atoms with Gasteiger partial charge in [-0.05, 0) is 117 Å². The average molecular weight is 627 g/mol. The minimum Gasteiger partial charge on any atom is -0.446 e. The number of hydrogen-bond donors (Lipinski definition) is 2. The maximum absolute atomic E-state index is 12.7. The molecule has 0 aromatic carbocycles. The van der Waals surface area contributed by atoms with Crippen molar-refractivity contribution in [3.05, 3.63) is 11.6 Å². The number of unbranched alkanes of at least 4 members (excludes halogenated alkanes) is 2. The lowest BCUT2D eigenvalue weighted by atomic mass is 9.47. The maximum atomic E-state index is 12.7. The van der Waals surface area contributed by atoms with Crippen LogP contribution in [0.4, 0.5) is 4.79 Å². The van der Waals surface area contributed by atoms with Gasteiger partial charge in [-0.1, -0.05) is 72.0 Å². The summed E-state index contributed by atoms with van der Waals surface area (Å²) in [5, 5.41) is 12.4. The largest absolute Gasteiger partial charge is 0.446 e. The first-order valence-electron chi connectivity index (χ1n) is 19.1. The number of carbonyl (C=O) groups is 2. The number of hydrogen-bond acceptors (Lipinski definition) is 4. The molecule has 0 bridgehead atoms. The Bertz CT molecular complexity index is 1040. The number of alkyl carbamates (subject to hydrolysis) is 1. The van der Waals surface area contributed by atoms with E-state index in [9.17, 15) is 14.7 Å². The first kappa shape index (κ1) is 34.8. The average Bonchev–Trinajstić information content (AvgIpc) is 3.63. The highest BCUT2D eigenvalue weighted by Crippen LogP contribution is 2.67. The lowest BCUT2D eigenvalue weighted by Crippen LogP contribution is -2.51. The second kappa shape index (κ2) is 15.1. The molecule has 5 aliphatic rings. The van der Waals surface area contributed by atoms with Crippen LogP contribution < -0.4 is 5.32 Å². The SMILES string of the molecule is CC(C)CCC[C@@H](C)C1CCC2C3CC=C4C[C@@H](OC(=O)NCCCCCC(=O)N5CCC[C@H]5CO)CC[C@]4(C)C3CC[C@@]21C. The van der Waals surface area contributed by atoms with Gasteiger partial charge in [-0.2, -0.15) is 0 Å². The maximum Gasteiger partial charge on any atom is 0.407 e. The summed E-state index contributed by atoms with van der Waals surface area (Å²) in [6, 6.07) is 0.00831. The molecule has 4 aliphatic carbocycles. The number of nitrogens with one attached hydrogen (secondary N) is 1. The van der Waals surface area contributed by atoms with Crippen molar-refractivity contribution in [2.45, 2.75) is 156 Å². The highest BCUT2D eigenvalue weighted by Gasteiger charge is 2.59. The van der Waals surface area contributed by atoms with Crippen LogP contribution in [-0.2, 0) is 9.53 Å². The zero-order chi connectivity index (χ0) is 32.2. The van der Waals surface area contributed by atoms with Crippen molar-refractivity contribution in [2.75, 3.05) is 19.7 Å². The number of aliphatic hydroxyl groups excluding tert-OH is 1. The fraction of sp³-hybridized carbons (Fsp3) is 0.897. The summed E-state index contributed by atoms with van der Waals surface area (Å²) in [7, 11) is 0. The lowest BCUT2D eigenvalue weighted by Gasteiger charge is -2.58. The zero-order valence-corrected chi connectivity index (χ0v) is 29.5. The minimum atomic E-state index is -0.287. The molecular formula is C39H66N2O4. The molecule has 1 saturated heterocycles. The molecule has 0 radical (unpaired) electrons. The molecule has 9 atom stereocenters.